The highest BCUT2D eigenvalue weighted by atomic mass is 16.6. The maximum atomic E-state index is 12.9. The number of nitrogens with zero attached hydrogens (tertiary/aromatic N) is 3. The third-order valence-electron chi connectivity index (χ3n) is 5.91. The third kappa shape index (κ3) is 6.87. The van der Waals surface area contributed by atoms with Crippen LogP contribution in [0, 0.1) is 11.8 Å². The van der Waals surface area contributed by atoms with Gasteiger partial charge in [-0.1, -0.05) is 32.0 Å². The van der Waals surface area contributed by atoms with Crippen molar-refractivity contribution in [1.82, 2.24) is 14.7 Å². The molecule has 0 radical (unpaired) electrons. The van der Waals surface area contributed by atoms with Gasteiger partial charge in [0.1, 0.15) is 5.75 Å². The summed E-state index contributed by atoms with van der Waals surface area (Å²) in [6.07, 6.45) is 1.40. The molecule has 0 aromatic heterocycles. The zero-order chi connectivity index (χ0) is 22.9. The SMILES string of the molecule is CC(C)COC(=O)N1CCN(C(=O)C2CCN(C(=O)CCOc3ccccc3)CC2)CC1. The van der Waals surface area contributed by atoms with Crippen molar-refractivity contribution < 1.29 is 23.9 Å². The van der Waals surface area contributed by atoms with Crippen molar-refractivity contribution in [2.24, 2.45) is 11.8 Å². The van der Waals surface area contributed by atoms with Crippen LogP contribution in [0.1, 0.15) is 33.1 Å². The number of hydrogen-bond acceptors (Lipinski definition) is 5. The summed E-state index contributed by atoms with van der Waals surface area (Å²) >= 11 is 0. The predicted octanol–water partition coefficient (Wildman–Crippen LogP) is 2.63. The number of ether oxygens (including phenoxy) is 2. The minimum atomic E-state index is -0.297. The van der Waals surface area contributed by atoms with E-state index in [4.69, 9.17) is 9.47 Å². The Hall–Kier alpha value is -2.77. The number of carbonyl (C=O) groups is 3. The number of benzene rings is 1. The van der Waals surface area contributed by atoms with E-state index < -0.39 is 0 Å². The first-order chi connectivity index (χ1) is 15.4. The number of piperidine rings is 1. The zero-order valence-electron chi connectivity index (χ0n) is 19.2. The summed E-state index contributed by atoms with van der Waals surface area (Å²) in [5, 5.41) is 0. The van der Waals surface area contributed by atoms with Crippen molar-refractivity contribution in [2.75, 3.05) is 52.5 Å². The number of likely N-dealkylation sites (tertiary alicyclic amines) is 1. The molecule has 176 valence electrons. The van der Waals surface area contributed by atoms with Crippen LogP contribution in [0.3, 0.4) is 0 Å². The molecule has 2 fully saturated rings. The number of amides is 3. The fourth-order valence-corrected chi connectivity index (χ4v) is 4.00. The Morgan fingerprint density at radius 1 is 0.906 bits per heavy atom. The lowest BCUT2D eigenvalue weighted by atomic mass is 9.94. The van der Waals surface area contributed by atoms with E-state index in [1.165, 1.54) is 0 Å². The molecule has 3 amide bonds. The number of carbonyl (C=O) groups excluding carboxylic acids is 3. The first-order valence-corrected chi connectivity index (χ1v) is 11.6. The van der Waals surface area contributed by atoms with Gasteiger partial charge >= 0.3 is 6.09 Å². The van der Waals surface area contributed by atoms with E-state index in [0.29, 0.717) is 77.7 Å². The van der Waals surface area contributed by atoms with Crippen molar-refractivity contribution in [3.05, 3.63) is 30.3 Å². The Morgan fingerprint density at radius 3 is 2.16 bits per heavy atom. The van der Waals surface area contributed by atoms with Crippen LogP contribution in [0.5, 0.6) is 5.75 Å². The Kier molecular flexibility index (Phi) is 8.76. The quantitative estimate of drug-likeness (QED) is 0.645. The van der Waals surface area contributed by atoms with Crippen molar-refractivity contribution in [1.29, 1.82) is 0 Å². The average Bonchev–Trinajstić information content (AvgIpc) is 2.83. The number of piperazine rings is 1. The van der Waals surface area contributed by atoms with Crippen LogP contribution in [0.15, 0.2) is 30.3 Å². The van der Waals surface area contributed by atoms with E-state index in [1.54, 1.807) is 4.90 Å². The second-order valence-corrected chi connectivity index (χ2v) is 8.85. The summed E-state index contributed by atoms with van der Waals surface area (Å²) in [5.74, 6) is 1.22. The highest BCUT2D eigenvalue weighted by molar-refractivity contribution is 5.80. The summed E-state index contributed by atoms with van der Waals surface area (Å²) in [6, 6.07) is 9.46. The van der Waals surface area contributed by atoms with Gasteiger partial charge in [-0.2, -0.15) is 0 Å². The smallest absolute Gasteiger partial charge is 0.409 e. The van der Waals surface area contributed by atoms with Gasteiger partial charge in [-0.25, -0.2) is 4.79 Å². The van der Waals surface area contributed by atoms with Gasteiger partial charge in [0, 0.05) is 45.2 Å². The van der Waals surface area contributed by atoms with Gasteiger partial charge in [-0.3, -0.25) is 9.59 Å². The minimum Gasteiger partial charge on any atom is -0.493 e. The van der Waals surface area contributed by atoms with Crippen LogP contribution < -0.4 is 4.74 Å². The molecular weight excluding hydrogens is 410 g/mol. The van der Waals surface area contributed by atoms with Gasteiger partial charge < -0.3 is 24.2 Å². The summed E-state index contributed by atoms with van der Waals surface area (Å²) < 4.78 is 10.9. The topological polar surface area (TPSA) is 79.4 Å². The number of para-hydroxylation sites is 1. The third-order valence-corrected chi connectivity index (χ3v) is 5.91. The van der Waals surface area contributed by atoms with Crippen molar-refractivity contribution in [3.8, 4) is 5.75 Å². The molecule has 0 saturated carbocycles. The number of hydrogen-bond donors (Lipinski definition) is 0. The van der Waals surface area contributed by atoms with Gasteiger partial charge in [-0.15, -0.1) is 0 Å². The molecule has 3 rings (SSSR count). The highest BCUT2D eigenvalue weighted by Crippen LogP contribution is 2.21. The molecule has 0 N–H and O–H groups in total. The van der Waals surface area contributed by atoms with Gasteiger partial charge in [0.2, 0.25) is 11.8 Å². The molecule has 8 nitrogen and oxygen atoms in total. The molecule has 2 aliphatic heterocycles. The summed E-state index contributed by atoms with van der Waals surface area (Å²) in [5.41, 5.74) is 0. The molecule has 2 aliphatic rings. The van der Waals surface area contributed by atoms with E-state index in [-0.39, 0.29) is 23.8 Å². The highest BCUT2D eigenvalue weighted by Gasteiger charge is 2.32. The van der Waals surface area contributed by atoms with Crippen LogP contribution in [-0.4, -0.2) is 85.1 Å². The molecule has 0 atom stereocenters. The summed E-state index contributed by atoms with van der Waals surface area (Å²) in [6.45, 7) is 8.03. The lowest BCUT2D eigenvalue weighted by Crippen LogP contribution is -2.53. The minimum absolute atomic E-state index is 0.0564. The van der Waals surface area contributed by atoms with E-state index in [0.717, 1.165) is 5.75 Å². The van der Waals surface area contributed by atoms with E-state index in [9.17, 15) is 14.4 Å². The summed E-state index contributed by atoms with van der Waals surface area (Å²) in [4.78, 5) is 42.8. The maximum absolute atomic E-state index is 12.9. The lowest BCUT2D eigenvalue weighted by Gasteiger charge is -2.38. The first-order valence-electron chi connectivity index (χ1n) is 11.6. The van der Waals surface area contributed by atoms with Gasteiger partial charge in [0.25, 0.3) is 0 Å². The van der Waals surface area contributed by atoms with Crippen molar-refractivity contribution in [2.45, 2.75) is 33.1 Å². The molecule has 0 unspecified atom stereocenters. The molecule has 0 aliphatic carbocycles. The molecule has 8 heteroatoms. The Labute approximate surface area is 190 Å². The van der Waals surface area contributed by atoms with Crippen molar-refractivity contribution in [3.63, 3.8) is 0 Å². The van der Waals surface area contributed by atoms with E-state index >= 15 is 0 Å². The average molecular weight is 446 g/mol. The van der Waals surface area contributed by atoms with Crippen LogP contribution in [0.2, 0.25) is 0 Å². The van der Waals surface area contributed by atoms with Crippen LogP contribution >= 0.6 is 0 Å². The Bertz CT molecular complexity index is 754. The van der Waals surface area contributed by atoms with Gasteiger partial charge in [0.15, 0.2) is 0 Å². The Balaban J connectivity index is 1.34. The molecule has 0 bridgehead atoms. The fourth-order valence-electron chi connectivity index (χ4n) is 4.00. The predicted molar refractivity (Wildman–Crippen MR) is 120 cm³/mol. The number of rotatable bonds is 7. The van der Waals surface area contributed by atoms with Crippen LogP contribution in [0.4, 0.5) is 4.79 Å². The molecule has 1 aromatic carbocycles. The molecule has 0 spiro atoms. The molecule has 2 heterocycles. The zero-order valence-corrected chi connectivity index (χ0v) is 19.2. The molecular formula is C24H35N3O5. The second kappa shape index (κ2) is 11.7. The normalized spacial score (nSPS) is 17.4. The van der Waals surface area contributed by atoms with Gasteiger partial charge in [-0.05, 0) is 30.9 Å². The molecule has 1 aromatic rings. The molecule has 2 saturated heterocycles. The maximum Gasteiger partial charge on any atom is 0.409 e. The Morgan fingerprint density at radius 2 is 1.53 bits per heavy atom. The lowest BCUT2D eigenvalue weighted by molar-refractivity contribution is -0.142. The monoisotopic (exact) mass is 445 g/mol. The second-order valence-electron chi connectivity index (χ2n) is 8.85. The molecule has 32 heavy (non-hydrogen) atoms. The van der Waals surface area contributed by atoms with Gasteiger partial charge in [0.05, 0.1) is 19.6 Å². The van der Waals surface area contributed by atoms with Crippen molar-refractivity contribution >= 4 is 17.9 Å². The first kappa shape index (κ1) is 23.9. The van der Waals surface area contributed by atoms with Crippen LogP contribution in [-0.2, 0) is 14.3 Å². The van der Waals surface area contributed by atoms with E-state index in [1.807, 2.05) is 54.0 Å². The van der Waals surface area contributed by atoms with E-state index in [2.05, 4.69) is 0 Å². The largest absolute Gasteiger partial charge is 0.493 e. The van der Waals surface area contributed by atoms with Crippen LogP contribution in [0.25, 0.3) is 0 Å². The standard InChI is InChI=1S/C24H35N3O5/c1-19(2)18-32-24(30)27-15-13-26(14-16-27)23(29)20-8-11-25(12-9-20)22(28)10-17-31-21-6-4-3-5-7-21/h3-7,19-20H,8-18H2,1-2H3. The summed E-state index contributed by atoms with van der Waals surface area (Å²) in [7, 11) is 0. The fraction of sp³-hybridized carbons (Fsp3) is 0.625.